The molecule has 5 rings (SSSR count). The van der Waals surface area contributed by atoms with E-state index in [1.165, 1.54) is 11.3 Å². The third-order valence-electron chi connectivity index (χ3n) is 8.22. The maximum atomic E-state index is 13.1. The number of hydrogen-bond donors (Lipinski definition) is 0. The monoisotopic (exact) mass is 533 g/mol. The van der Waals surface area contributed by atoms with Crippen molar-refractivity contribution in [1.82, 2.24) is 14.8 Å². The van der Waals surface area contributed by atoms with Gasteiger partial charge in [-0.15, -0.1) is 11.3 Å². The Morgan fingerprint density at radius 2 is 1.89 bits per heavy atom. The van der Waals surface area contributed by atoms with Gasteiger partial charge in [-0.05, 0) is 55.7 Å². The van der Waals surface area contributed by atoms with E-state index in [2.05, 4.69) is 9.88 Å². The van der Waals surface area contributed by atoms with E-state index in [0.29, 0.717) is 40.9 Å². The van der Waals surface area contributed by atoms with Crippen molar-refractivity contribution in [3.05, 3.63) is 50.5 Å². The minimum atomic E-state index is -4.14. The lowest BCUT2D eigenvalue weighted by Crippen LogP contribution is -2.32. The van der Waals surface area contributed by atoms with E-state index in [0.717, 1.165) is 74.3 Å². The van der Waals surface area contributed by atoms with Crippen molar-refractivity contribution in [2.45, 2.75) is 77.1 Å². The Morgan fingerprint density at radius 1 is 1.14 bits per heavy atom. The van der Waals surface area contributed by atoms with E-state index in [9.17, 15) is 22.8 Å². The van der Waals surface area contributed by atoms with E-state index in [1.807, 2.05) is 18.2 Å². The van der Waals surface area contributed by atoms with Gasteiger partial charge in [-0.2, -0.15) is 13.2 Å². The molecule has 3 heterocycles. The van der Waals surface area contributed by atoms with Gasteiger partial charge in [0.15, 0.2) is 5.78 Å². The molecule has 0 saturated heterocycles. The Kier molecular flexibility index (Phi) is 7.73. The van der Waals surface area contributed by atoms with E-state index in [1.54, 1.807) is 11.9 Å². The minimum absolute atomic E-state index is 0.00763. The van der Waals surface area contributed by atoms with Crippen LogP contribution in [0.25, 0.3) is 0 Å². The summed E-state index contributed by atoms with van der Waals surface area (Å²) in [7, 11) is 1.77. The average Bonchev–Trinajstić information content (AvgIpc) is 3.41. The topological polar surface area (TPSA) is 53.5 Å². The Bertz CT molecular complexity index is 1150. The molecule has 37 heavy (non-hydrogen) atoms. The Labute approximate surface area is 220 Å². The lowest BCUT2D eigenvalue weighted by molar-refractivity contribution is -0.134. The van der Waals surface area contributed by atoms with Gasteiger partial charge in [0, 0.05) is 61.9 Å². The number of benzene rings is 1. The molecule has 3 aliphatic rings. The number of carbonyl (C=O) groups excluding carboxylic acids is 2. The van der Waals surface area contributed by atoms with Gasteiger partial charge < -0.3 is 4.90 Å². The molecule has 2 aromatic rings. The number of halogens is 3. The van der Waals surface area contributed by atoms with Crippen LogP contribution in [0, 0.1) is 11.8 Å². The first-order chi connectivity index (χ1) is 17.7. The van der Waals surface area contributed by atoms with Crippen LogP contribution >= 0.6 is 11.3 Å². The number of thiazole rings is 1. The molecule has 0 bridgehead atoms. The fraction of sp³-hybridized carbons (Fsp3) is 0.607. The van der Waals surface area contributed by atoms with Crippen molar-refractivity contribution < 1.29 is 22.8 Å². The summed E-state index contributed by atoms with van der Waals surface area (Å²) in [5.74, 6) is 1.20. The first-order valence-corrected chi connectivity index (χ1v) is 14.1. The highest BCUT2D eigenvalue weighted by Gasteiger charge is 2.31. The lowest BCUT2D eigenvalue weighted by atomic mass is 9.77. The number of aryl methyl sites for hydroxylation is 1. The van der Waals surface area contributed by atoms with Gasteiger partial charge in [0.2, 0.25) is 0 Å². The SMILES string of the molecule is CN1Cc2c(C(=O)CC3CCC(CCN4CCc5sc(CCC(F)(F)F)nc5C4)CC3)cccc2C1=O. The van der Waals surface area contributed by atoms with Gasteiger partial charge in [0.05, 0.1) is 10.7 Å². The second-order valence-corrected chi connectivity index (χ2v) is 12.1. The zero-order valence-electron chi connectivity index (χ0n) is 21.3. The van der Waals surface area contributed by atoms with Crippen molar-refractivity contribution in [3.8, 4) is 0 Å². The number of Topliss-reactive ketones (excluding diaryl/α,β-unsaturated/α-hetero) is 1. The molecule has 1 fully saturated rings. The third kappa shape index (κ3) is 6.25. The number of carbonyl (C=O) groups is 2. The van der Waals surface area contributed by atoms with Gasteiger partial charge >= 0.3 is 6.18 Å². The first-order valence-electron chi connectivity index (χ1n) is 13.3. The van der Waals surface area contributed by atoms with Gasteiger partial charge in [0.1, 0.15) is 0 Å². The number of fused-ring (bicyclic) bond motifs is 2. The van der Waals surface area contributed by atoms with E-state index >= 15 is 0 Å². The maximum absolute atomic E-state index is 13.1. The smallest absolute Gasteiger partial charge is 0.337 e. The van der Waals surface area contributed by atoms with E-state index in [-0.39, 0.29) is 18.1 Å². The van der Waals surface area contributed by atoms with Crippen LogP contribution in [-0.2, 0) is 25.9 Å². The van der Waals surface area contributed by atoms with Crippen LogP contribution in [0.1, 0.15) is 86.8 Å². The Morgan fingerprint density at radius 3 is 2.65 bits per heavy atom. The maximum Gasteiger partial charge on any atom is 0.389 e. The number of rotatable bonds is 8. The van der Waals surface area contributed by atoms with Gasteiger partial charge in [-0.25, -0.2) is 4.98 Å². The van der Waals surface area contributed by atoms with Gasteiger partial charge in [0.25, 0.3) is 5.91 Å². The van der Waals surface area contributed by atoms with Crippen LogP contribution in [0.5, 0.6) is 0 Å². The fourth-order valence-corrected chi connectivity index (χ4v) is 7.11. The van der Waals surface area contributed by atoms with Crippen molar-refractivity contribution in [2.24, 2.45) is 11.8 Å². The summed E-state index contributed by atoms with van der Waals surface area (Å²) >= 11 is 1.45. The zero-order valence-corrected chi connectivity index (χ0v) is 22.1. The molecule has 200 valence electrons. The van der Waals surface area contributed by atoms with Crippen LogP contribution in [0.2, 0.25) is 0 Å². The molecule has 1 aromatic heterocycles. The number of amides is 1. The number of nitrogens with zero attached hydrogens (tertiary/aromatic N) is 3. The lowest BCUT2D eigenvalue weighted by Gasteiger charge is -2.31. The molecular formula is C28H34F3N3O2S. The van der Waals surface area contributed by atoms with Crippen molar-refractivity contribution in [1.29, 1.82) is 0 Å². The van der Waals surface area contributed by atoms with Crippen LogP contribution in [0.3, 0.4) is 0 Å². The molecule has 1 saturated carbocycles. The quantitative estimate of drug-likeness (QED) is 0.388. The number of ketones is 1. The summed E-state index contributed by atoms with van der Waals surface area (Å²) in [4.78, 5) is 35.1. The number of alkyl halides is 3. The average molecular weight is 534 g/mol. The molecule has 2 aliphatic heterocycles. The molecule has 1 aliphatic carbocycles. The fourth-order valence-electron chi connectivity index (χ4n) is 6.05. The second-order valence-electron chi connectivity index (χ2n) is 10.9. The standard InChI is InChI=1S/C28H34F3N3O2S/c1-33-16-22-20(3-2-4-21(22)27(33)36)24(35)15-19-7-5-18(6-8-19)10-13-34-14-11-25-23(17-34)32-26(37-25)9-12-28(29,30)31/h2-4,18-19H,5-17H2,1H3. The second kappa shape index (κ2) is 10.8. The summed E-state index contributed by atoms with van der Waals surface area (Å²) in [6.07, 6.45) is 1.95. The molecule has 0 atom stereocenters. The number of aromatic nitrogens is 1. The molecule has 5 nitrogen and oxygen atoms in total. The summed E-state index contributed by atoms with van der Waals surface area (Å²) < 4.78 is 37.6. The predicted octanol–water partition coefficient (Wildman–Crippen LogP) is 6.05. The predicted molar refractivity (Wildman–Crippen MR) is 137 cm³/mol. The molecule has 0 spiro atoms. The van der Waals surface area contributed by atoms with E-state index < -0.39 is 12.6 Å². The molecule has 0 N–H and O–H groups in total. The zero-order chi connectivity index (χ0) is 26.2. The first kappa shape index (κ1) is 26.4. The van der Waals surface area contributed by atoms with Crippen LogP contribution in [0.15, 0.2) is 18.2 Å². The molecule has 0 radical (unpaired) electrons. The van der Waals surface area contributed by atoms with Crippen LogP contribution in [-0.4, -0.2) is 52.8 Å². The third-order valence-corrected chi connectivity index (χ3v) is 9.43. The summed E-state index contributed by atoms with van der Waals surface area (Å²) in [5.41, 5.74) is 3.23. The largest absolute Gasteiger partial charge is 0.389 e. The Balaban J connectivity index is 1.06. The number of hydrogen-bond acceptors (Lipinski definition) is 5. The minimum Gasteiger partial charge on any atom is -0.337 e. The van der Waals surface area contributed by atoms with Crippen molar-refractivity contribution in [3.63, 3.8) is 0 Å². The highest BCUT2D eigenvalue weighted by atomic mass is 32.1. The van der Waals surface area contributed by atoms with E-state index in [4.69, 9.17) is 0 Å². The molecular weight excluding hydrogens is 499 g/mol. The summed E-state index contributed by atoms with van der Waals surface area (Å²) in [6, 6.07) is 5.50. The normalized spacial score (nSPS) is 22.3. The Hall–Kier alpha value is -2.26. The summed E-state index contributed by atoms with van der Waals surface area (Å²) in [5, 5.41) is 0.608. The van der Waals surface area contributed by atoms with Crippen LogP contribution in [0.4, 0.5) is 13.2 Å². The molecule has 1 amide bonds. The van der Waals surface area contributed by atoms with Crippen LogP contribution < -0.4 is 0 Å². The van der Waals surface area contributed by atoms with Gasteiger partial charge in [-0.3, -0.25) is 14.5 Å². The van der Waals surface area contributed by atoms with Crippen molar-refractivity contribution >= 4 is 23.0 Å². The highest BCUT2D eigenvalue weighted by molar-refractivity contribution is 7.11. The van der Waals surface area contributed by atoms with Crippen molar-refractivity contribution in [2.75, 3.05) is 20.1 Å². The highest BCUT2D eigenvalue weighted by Crippen LogP contribution is 2.35. The molecule has 0 unspecified atom stereocenters. The summed E-state index contributed by atoms with van der Waals surface area (Å²) in [6.45, 7) is 3.18. The molecule has 1 aromatic carbocycles. The van der Waals surface area contributed by atoms with Gasteiger partial charge in [-0.1, -0.05) is 25.0 Å². The molecule has 9 heteroatoms.